The van der Waals surface area contributed by atoms with Gasteiger partial charge in [0.15, 0.2) is 0 Å². The summed E-state index contributed by atoms with van der Waals surface area (Å²) < 4.78 is 5.01. The minimum absolute atomic E-state index is 0.0424. The van der Waals surface area contributed by atoms with Crippen LogP contribution in [0.1, 0.15) is 22.8 Å². The standard InChI is InChI=1S/C22H28N4O4S/c1-3-30-22(29)18-8-13-31-21(18)24-20(28)15-26-11-9-25(10-12-26)14-19(27)23-17-6-4-16(2)5-7-17/h4-8,13H,3,9-12,14-15H2,1-2H3,(H,23,27)(H,24,28). The number of carbonyl (C=O) groups excluding carboxylic acids is 3. The molecule has 1 fully saturated rings. The Balaban J connectivity index is 1.40. The van der Waals surface area contributed by atoms with Crippen LogP contribution in [0.4, 0.5) is 10.7 Å². The number of ether oxygens (including phenoxy) is 1. The number of anilines is 2. The lowest BCUT2D eigenvalue weighted by molar-refractivity contribution is -0.120. The Morgan fingerprint density at radius 1 is 0.935 bits per heavy atom. The van der Waals surface area contributed by atoms with E-state index >= 15 is 0 Å². The van der Waals surface area contributed by atoms with Crippen molar-refractivity contribution in [3.05, 3.63) is 46.8 Å². The molecule has 2 heterocycles. The molecule has 0 atom stereocenters. The molecule has 9 heteroatoms. The molecule has 0 saturated carbocycles. The van der Waals surface area contributed by atoms with Crippen LogP contribution in [-0.4, -0.2) is 73.5 Å². The van der Waals surface area contributed by atoms with E-state index in [1.165, 1.54) is 11.3 Å². The van der Waals surface area contributed by atoms with Crippen molar-refractivity contribution < 1.29 is 19.1 Å². The summed E-state index contributed by atoms with van der Waals surface area (Å²) in [6.45, 7) is 7.41. The van der Waals surface area contributed by atoms with Crippen molar-refractivity contribution in [1.29, 1.82) is 0 Å². The second-order valence-corrected chi connectivity index (χ2v) is 8.31. The van der Waals surface area contributed by atoms with Crippen molar-refractivity contribution in [3.8, 4) is 0 Å². The molecule has 31 heavy (non-hydrogen) atoms. The van der Waals surface area contributed by atoms with E-state index in [9.17, 15) is 14.4 Å². The van der Waals surface area contributed by atoms with Gasteiger partial charge >= 0.3 is 5.97 Å². The zero-order valence-electron chi connectivity index (χ0n) is 17.8. The van der Waals surface area contributed by atoms with Gasteiger partial charge in [-0.1, -0.05) is 17.7 Å². The zero-order chi connectivity index (χ0) is 22.2. The van der Waals surface area contributed by atoms with E-state index in [4.69, 9.17) is 4.74 Å². The highest BCUT2D eigenvalue weighted by atomic mass is 32.1. The quantitative estimate of drug-likeness (QED) is 0.608. The molecule has 0 aliphatic carbocycles. The van der Waals surface area contributed by atoms with Crippen molar-refractivity contribution in [1.82, 2.24) is 9.80 Å². The molecule has 0 bridgehead atoms. The lowest BCUT2D eigenvalue weighted by Crippen LogP contribution is -2.50. The molecule has 0 spiro atoms. The Kier molecular flexibility index (Phi) is 8.16. The van der Waals surface area contributed by atoms with Gasteiger partial charge < -0.3 is 15.4 Å². The number of hydrogen-bond donors (Lipinski definition) is 2. The monoisotopic (exact) mass is 444 g/mol. The van der Waals surface area contributed by atoms with Gasteiger partial charge in [0.05, 0.1) is 25.3 Å². The van der Waals surface area contributed by atoms with Crippen LogP contribution in [-0.2, 0) is 14.3 Å². The fourth-order valence-corrected chi connectivity index (χ4v) is 4.08. The van der Waals surface area contributed by atoms with Crippen molar-refractivity contribution in [2.45, 2.75) is 13.8 Å². The smallest absolute Gasteiger partial charge is 0.341 e. The number of esters is 1. The Hall–Kier alpha value is -2.75. The maximum atomic E-state index is 12.4. The molecule has 1 saturated heterocycles. The second kappa shape index (κ2) is 11.0. The first-order valence-corrected chi connectivity index (χ1v) is 11.2. The molecule has 2 N–H and O–H groups in total. The number of amides is 2. The van der Waals surface area contributed by atoms with Gasteiger partial charge in [-0.25, -0.2) is 4.79 Å². The van der Waals surface area contributed by atoms with Crippen LogP contribution in [0, 0.1) is 6.92 Å². The van der Waals surface area contributed by atoms with Gasteiger partial charge in [-0.15, -0.1) is 11.3 Å². The normalized spacial score (nSPS) is 14.8. The number of nitrogens with one attached hydrogen (secondary N) is 2. The van der Waals surface area contributed by atoms with Crippen LogP contribution in [0.5, 0.6) is 0 Å². The lowest BCUT2D eigenvalue weighted by atomic mass is 10.2. The Labute approximate surface area is 186 Å². The van der Waals surface area contributed by atoms with E-state index in [-0.39, 0.29) is 25.0 Å². The third kappa shape index (κ3) is 6.88. The largest absolute Gasteiger partial charge is 0.462 e. The van der Waals surface area contributed by atoms with E-state index < -0.39 is 5.97 Å². The number of thiophene rings is 1. The number of piperazine rings is 1. The molecule has 1 aromatic carbocycles. The average Bonchev–Trinajstić information content (AvgIpc) is 3.19. The summed E-state index contributed by atoms with van der Waals surface area (Å²) in [5.41, 5.74) is 2.32. The molecule has 0 unspecified atom stereocenters. The summed E-state index contributed by atoms with van der Waals surface area (Å²) in [5.74, 6) is -0.644. The number of aryl methyl sites for hydroxylation is 1. The molecule has 1 aliphatic heterocycles. The molecule has 3 rings (SSSR count). The van der Waals surface area contributed by atoms with Gasteiger partial charge in [0.2, 0.25) is 11.8 Å². The zero-order valence-corrected chi connectivity index (χ0v) is 18.7. The maximum Gasteiger partial charge on any atom is 0.341 e. The molecule has 2 amide bonds. The highest BCUT2D eigenvalue weighted by Crippen LogP contribution is 2.24. The minimum Gasteiger partial charge on any atom is -0.462 e. The average molecular weight is 445 g/mol. The molecule has 1 aromatic heterocycles. The van der Waals surface area contributed by atoms with E-state index in [0.717, 1.165) is 11.3 Å². The highest BCUT2D eigenvalue weighted by molar-refractivity contribution is 7.14. The summed E-state index contributed by atoms with van der Waals surface area (Å²) in [6.07, 6.45) is 0. The van der Waals surface area contributed by atoms with Crippen LogP contribution in [0.3, 0.4) is 0 Å². The highest BCUT2D eigenvalue weighted by Gasteiger charge is 2.22. The van der Waals surface area contributed by atoms with Crippen LogP contribution in [0.2, 0.25) is 0 Å². The fourth-order valence-electron chi connectivity index (χ4n) is 3.29. The topological polar surface area (TPSA) is 91.0 Å². The molecule has 8 nitrogen and oxygen atoms in total. The molecular formula is C22H28N4O4S. The van der Waals surface area contributed by atoms with Crippen molar-refractivity contribution >= 4 is 39.8 Å². The third-order valence-electron chi connectivity index (χ3n) is 4.95. The Morgan fingerprint density at radius 3 is 2.10 bits per heavy atom. The molecule has 2 aromatic rings. The van der Waals surface area contributed by atoms with Crippen LogP contribution in [0.15, 0.2) is 35.7 Å². The summed E-state index contributed by atoms with van der Waals surface area (Å²) in [7, 11) is 0. The van der Waals surface area contributed by atoms with Gasteiger partial charge in [0, 0.05) is 31.9 Å². The van der Waals surface area contributed by atoms with E-state index in [1.807, 2.05) is 36.1 Å². The van der Waals surface area contributed by atoms with Crippen LogP contribution >= 0.6 is 11.3 Å². The summed E-state index contributed by atoms with van der Waals surface area (Å²) in [4.78, 5) is 40.8. The number of carbonyl (C=O) groups is 3. The van der Waals surface area contributed by atoms with E-state index in [0.29, 0.717) is 43.3 Å². The summed E-state index contributed by atoms with van der Waals surface area (Å²) >= 11 is 1.30. The maximum absolute atomic E-state index is 12.4. The number of nitrogens with zero attached hydrogens (tertiary/aromatic N) is 2. The SMILES string of the molecule is CCOC(=O)c1ccsc1NC(=O)CN1CCN(CC(=O)Nc2ccc(C)cc2)CC1. The predicted molar refractivity (Wildman–Crippen MR) is 122 cm³/mol. The van der Waals surface area contributed by atoms with Gasteiger partial charge in [-0.2, -0.15) is 0 Å². The molecule has 0 radical (unpaired) electrons. The van der Waals surface area contributed by atoms with Crippen molar-refractivity contribution in [2.75, 3.05) is 56.5 Å². The molecule has 1 aliphatic rings. The van der Waals surface area contributed by atoms with Crippen LogP contribution < -0.4 is 10.6 Å². The predicted octanol–water partition coefficient (Wildman–Crippen LogP) is 2.43. The summed E-state index contributed by atoms with van der Waals surface area (Å²) in [6, 6.07) is 9.37. The molecular weight excluding hydrogens is 416 g/mol. The Bertz CT molecular complexity index is 904. The van der Waals surface area contributed by atoms with Gasteiger partial charge in [-0.05, 0) is 37.4 Å². The van der Waals surface area contributed by atoms with Crippen LogP contribution in [0.25, 0.3) is 0 Å². The van der Waals surface area contributed by atoms with E-state index in [1.54, 1.807) is 18.4 Å². The Morgan fingerprint density at radius 2 is 1.52 bits per heavy atom. The lowest BCUT2D eigenvalue weighted by Gasteiger charge is -2.33. The second-order valence-electron chi connectivity index (χ2n) is 7.40. The minimum atomic E-state index is -0.434. The number of benzene rings is 1. The van der Waals surface area contributed by atoms with E-state index in [2.05, 4.69) is 15.5 Å². The third-order valence-corrected chi connectivity index (χ3v) is 5.78. The van der Waals surface area contributed by atoms with Crippen molar-refractivity contribution in [2.24, 2.45) is 0 Å². The fraction of sp³-hybridized carbons (Fsp3) is 0.409. The van der Waals surface area contributed by atoms with Gasteiger partial charge in [-0.3, -0.25) is 19.4 Å². The first-order valence-electron chi connectivity index (χ1n) is 10.3. The van der Waals surface area contributed by atoms with Gasteiger partial charge in [0.25, 0.3) is 0 Å². The first kappa shape index (κ1) is 22.9. The first-order chi connectivity index (χ1) is 14.9. The number of rotatable bonds is 8. The van der Waals surface area contributed by atoms with Crippen molar-refractivity contribution in [3.63, 3.8) is 0 Å². The van der Waals surface area contributed by atoms with Gasteiger partial charge in [0.1, 0.15) is 5.00 Å². The number of hydrogen-bond acceptors (Lipinski definition) is 7. The summed E-state index contributed by atoms with van der Waals surface area (Å²) in [5, 5.41) is 7.99. The molecule has 166 valence electrons.